The van der Waals surface area contributed by atoms with Crippen LogP contribution < -0.4 is 5.32 Å². The number of aromatic nitrogens is 2. The van der Waals surface area contributed by atoms with E-state index in [1.54, 1.807) is 0 Å². The van der Waals surface area contributed by atoms with Crippen molar-refractivity contribution in [3.8, 4) is 0 Å². The number of nitrogens with zero attached hydrogens (tertiary/aromatic N) is 1. The van der Waals surface area contributed by atoms with Gasteiger partial charge < -0.3 is 10.3 Å². The minimum atomic E-state index is 0.416. The molecule has 0 bridgehead atoms. The molecule has 1 aromatic heterocycles. The Morgan fingerprint density at radius 1 is 1.38 bits per heavy atom. The number of aryl methyl sites for hydroxylation is 1. The summed E-state index contributed by atoms with van der Waals surface area (Å²) in [6, 6.07) is 9.33. The van der Waals surface area contributed by atoms with Crippen molar-refractivity contribution >= 4 is 11.8 Å². The molecule has 2 aromatic rings. The lowest BCUT2D eigenvalue weighted by Gasteiger charge is -2.26. The Balaban J connectivity index is 1.86. The van der Waals surface area contributed by atoms with E-state index in [1.807, 2.05) is 24.2 Å². The predicted octanol–water partition coefficient (Wildman–Crippen LogP) is 3.95. The molecule has 0 radical (unpaired) electrons. The van der Waals surface area contributed by atoms with E-state index in [4.69, 9.17) is 0 Å². The molecule has 0 saturated carbocycles. The summed E-state index contributed by atoms with van der Waals surface area (Å²) < 4.78 is 0. The summed E-state index contributed by atoms with van der Waals surface area (Å²) in [5.41, 5.74) is 2.99. The Morgan fingerprint density at radius 2 is 2.29 bits per heavy atom. The summed E-state index contributed by atoms with van der Waals surface area (Å²) >= 11 is 1.88. The van der Waals surface area contributed by atoms with Crippen LogP contribution in [0.5, 0.6) is 0 Å². The maximum atomic E-state index is 4.39. The first-order valence-corrected chi connectivity index (χ1v) is 8.73. The van der Waals surface area contributed by atoms with Crippen molar-refractivity contribution in [1.82, 2.24) is 15.3 Å². The maximum Gasteiger partial charge on any atom is 0.165 e. The fraction of sp³-hybridized carbons (Fsp3) is 0.471. The van der Waals surface area contributed by atoms with Crippen molar-refractivity contribution in [3.05, 3.63) is 47.8 Å². The van der Waals surface area contributed by atoms with Crippen LogP contribution in [0.15, 0.2) is 41.8 Å². The van der Waals surface area contributed by atoms with E-state index in [9.17, 15) is 0 Å². The number of hydrogen-bond donors (Lipinski definition) is 2. The lowest BCUT2D eigenvalue weighted by molar-refractivity contribution is 0.501. The lowest BCUT2D eigenvalue weighted by Crippen LogP contribution is -2.30. The molecular formula is C17H23N3S. The van der Waals surface area contributed by atoms with Gasteiger partial charge >= 0.3 is 0 Å². The first kappa shape index (κ1) is 14.7. The second-order valence-electron chi connectivity index (χ2n) is 5.57. The van der Waals surface area contributed by atoms with E-state index in [-0.39, 0.29) is 0 Å². The van der Waals surface area contributed by atoms with Gasteiger partial charge in [0.1, 0.15) is 0 Å². The van der Waals surface area contributed by atoms with Gasteiger partial charge in [0, 0.05) is 23.7 Å². The third-order valence-electron chi connectivity index (χ3n) is 4.05. The highest BCUT2D eigenvalue weighted by atomic mass is 32.2. The molecule has 1 aliphatic carbocycles. The monoisotopic (exact) mass is 301 g/mol. The second kappa shape index (κ2) is 7.14. The summed E-state index contributed by atoms with van der Waals surface area (Å²) in [5, 5.41) is 5.33. The van der Waals surface area contributed by atoms with Crippen LogP contribution in [-0.4, -0.2) is 21.8 Å². The molecule has 2 N–H and O–H groups in total. The molecule has 0 aliphatic heterocycles. The van der Waals surface area contributed by atoms with E-state index in [2.05, 4.69) is 46.5 Å². The van der Waals surface area contributed by atoms with Gasteiger partial charge in [-0.15, -0.1) is 0 Å². The molecular weight excluding hydrogens is 278 g/mol. The molecule has 0 fully saturated rings. The zero-order chi connectivity index (χ0) is 14.5. The smallest absolute Gasteiger partial charge is 0.165 e. The van der Waals surface area contributed by atoms with E-state index < -0.39 is 0 Å². The van der Waals surface area contributed by atoms with Crippen molar-refractivity contribution in [2.75, 3.05) is 6.54 Å². The third kappa shape index (κ3) is 3.50. The first-order valence-electron chi connectivity index (χ1n) is 7.85. The molecule has 2 atom stereocenters. The molecule has 0 spiro atoms. The van der Waals surface area contributed by atoms with E-state index in [1.165, 1.54) is 30.4 Å². The molecule has 3 rings (SSSR count). The molecule has 0 saturated heterocycles. The fourth-order valence-corrected chi connectivity index (χ4v) is 4.26. The Morgan fingerprint density at radius 3 is 3.10 bits per heavy atom. The van der Waals surface area contributed by atoms with Crippen LogP contribution in [0.3, 0.4) is 0 Å². The van der Waals surface area contributed by atoms with Crippen LogP contribution in [0, 0.1) is 0 Å². The van der Waals surface area contributed by atoms with Crippen LogP contribution in [0.1, 0.15) is 43.4 Å². The van der Waals surface area contributed by atoms with Gasteiger partial charge in [-0.25, -0.2) is 4.98 Å². The number of nitrogens with one attached hydrogen (secondary N) is 2. The van der Waals surface area contributed by atoms with Gasteiger partial charge in [-0.3, -0.25) is 0 Å². The van der Waals surface area contributed by atoms with Gasteiger partial charge in [-0.1, -0.05) is 43.0 Å². The third-order valence-corrected chi connectivity index (χ3v) is 5.30. The molecule has 1 heterocycles. The molecule has 4 heteroatoms. The minimum Gasteiger partial charge on any atom is -0.340 e. The van der Waals surface area contributed by atoms with Crippen LogP contribution >= 0.6 is 11.8 Å². The molecule has 1 aromatic carbocycles. The summed E-state index contributed by atoms with van der Waals surface area (Å²) in [7, 11) is 0. The van der Waals surface area contributed by atoms with Crippen LogP contribution in [0.4, 0.5) is 0 Å². The number of imidazole rings is 1. The molecule has 2 unspecified atom stereocenters. The number of hydrogen-bond acceptors (Lipinski definition) is 3. The van der Waals surface area contributed by atoms with Crippen molar-refractivity contribution in [3.63, 3.8) is 0 Å². The van der Waals surface area contributed by atoms with Crippen LogP contribution in [0.2, 0.25) is 0 Å². The average Bonchev–Trinajstić information content (AvgIpc) is 2.95. The number of thioether (sulfide) groups is 1. The largest absolute Gasteiger partial charge is 0.340 e. The van der Waals surface area contributed by atoms with Gasteiger partial charge in [0.25, 0.3) is 0 Å². The molecule has 21 heavy (non-hydrogen) atoms. The van der Waals surface area contributed by atoms with Crippen molar-refractivity contribution in [2.45, 2.75) is 49.1 Å². The van der Waals surface area contributed by atoms with Gasteiger partial charge in [-0.05, 0) is 43.4 Å². The Bertz CT molecular complexity index is 553. The zero-order valence-corrected chi connectivity index (χ0v) is 13.3. The Hall–Kier alpha value is -1.26. The molecule has 3 nitrogen and oxygen atoms in total. The highest BCUT2D eigenvalue weighted by molar-refractivity contribution is 7.99. The lowest BCUT2D eigenvalue weighted by atomic mass is 9.99. The van der Waals surface area contributed by atoms with E-state index >= 15 is 0 Å². The normalized spacial score (nSPS) is 21.8. The van der Waals surface area contributed by atoms with E-state index in [0.717, 1.165) is 18.1 Å². The van der Waals surface area contributed by atoms with Gasteiger partial charge in [0.05, 0.1) is 0 Å². The SMILES string of the molecule is CCCNC1c2ccccc2CCCC1Sc1ncc[nH]1. The summed E-state index contributed by atoms with van der Waals surface area (Å²) in [6.45, 7) is 3.29. The highest BCUT2D eigenvalue weighted by Gasteiger charge is 2.28. The maximum absolute atomic E-state index is 4.39. The Labute approximate surface area is 131 Å². The number of rotatable bonds is 5. The van der Waals surface area contributed by atoms with E-state index in [0.29, 0.717) is 11.3 Å². The minimum absolute atomic E-state index is 0.416. The number of benzene rings is 1. The molecule has 0 amide bonds. The summed E-state index contributed by atoms with van der Waals surface area (Å²) in [6.07, 6.45) is 8.57. The highest BCUT2D eigenvalue weighted by Crippen LogP contribution is 2.38. The van der Waals surface area contributed by atoms with Crippen molar-refractivity contribution in [1.29, 1.82) is 0 Å². The second-order valence-corrected chi connectivity index (χ2v) is 6.80. The number of aromatic amines is 1. The van der Waals surface area contributed by atoms with Crippen molar-refractivity contribution in [2.24, 2.45) is 0 Å². The Kier molecular flexibility index (Phi) is 4.99. The molecule has 112 valence electrons. The number of fused-ring (bicyclic) bond motifs is 1. The van der Waals surface area contributed by atoms with Gasteiger partial charge in [0.2, 0.25) is 0 Å². The summed E-state index contributed by atoms with van der Waals surface area (Å²) in [4.78, 5) is 7.62. The summed E-state index contributed by atoms with van der Waals surface area (Å²) in [5.74, 6) is 0. The fourth-order valence-electron chi connectivity index (χ4n) is 3.05. The van der Waals surface area contributed by atoms with Gasteiger partial charge in [-0.2, -0.15) is 0 Å². The quantitative estimate of drug-likeness (QED) is 0.822. The van der Waals surface area contributed by atoms with Crippen LogP contribution in [-0.2, 0) is 6.42 Å². The topological polar surface area (TPSA) is 40.7 Å². The van der Waals surface area contributed by atoms with Gasteiger partial charge in [0.15, 0.2) is 5.16 Å². The standard InChI is InChI=1S/C17H23N3S/c1-2-10-18-16-14-8-4-3-6-13(14)7-5-9-15(16)21-17-19-11-12-20-17/h3-4,6,8,11-12,15-16,18H,2,5,7,9-10H2,1H3,(H,19,20). The first-order chi connectivity index (χ1) is 10.4. The zero-order valence-electron chi connectivity index (χ0n) is 12.5. The average molecular weight is 301 g/mol. The van der Waals surface area contributed by atoms with Crippen molar-refractivity contribution < 1.29 is 0 Å². The predicted molar refractivity (Wildman–Crippen MR) is 88.6 cm³/mol. The molecule has 1 aliphatic rings. The number of H-pyrrole nitrogens is 1. The van der Waals surface area contributed by atoms with Crippen LogP contribution in [0.25, 0.3) is 0 Å².